The molecular formula is C30H33N3O3. The normalized spacial score (nSPS) is 20.2. The van der Waals surface area contributed by atoms with Crippen LogP contribution in [0.1, 0.15) is 53.8 Å². The summed E-state index contributed by atoms with van der Waals surface area (Å²) in [6.45, 7) is 5.29. The third-order valence-corrected chi connectivity index (χ3v) is 7.62. The van der Waals surface area contributed by atoms with E-state index in [1.54, 1.807) is 13.1 Å². The second kappa shape index (κ2) is 10.2. The van der Waals surface area contributed by atoms with Crippen LogP contribution in [0.15, 0.2) is 72.9 Å². The number of nitrogens with zero attached hydrogens (tertiary/aromatic N) is 2. The Labute approximate surface area is 212 Å². The largest absolute Gasteiger partial charge is 0.368 e. The Balaban J connectivity index is 1.39. The lowest BCUT2D eigenvalue weighted by Crippen LogP contribution is -2.52. The Morgan fingerprint density at radius 1 is 1.06 bits per heavy atom. The van der Waals surface area contributed by atoms with Gasteiger partial charge in [0.1, 0.15) is 0 Å². The minimum Gasteiger partial charge on any atom is -0.368 e. The Hall–Kier alpha value is -3.51. The molecule has 0 unspecified atom stereocenters. The average molecular weight is 484 g/mol. The van der Waals surface area contributed by atoms with Crippen molar-refractivity contribution in [3.8, 4) is 0 Å². The van der Waals surface area contributed by atoms with E-state index in [-0.39, 0.29) is 29.4 Å². The van der Waals surface area contributed by atoms with Crippen LogP contribution in [-0.4, -0.2) is 40.9 Å². The maximum absolute atomic E-state index is 13.2. The van der Waals surface area contributed by atoms with Gasteiger partial charge in [-0.25, -0.2) is 0 Å². The number of amides is 2. The van der Waals surface area contributed by atoms with E-state index in [1.807, 2.05) is 54.3 Å². The summed E-state index contributed by atoms with van der Waals surface area (Å²) in [6.07, 6.45) is 3.51. The Bertz CT molecular complexity index is 1230. The van der Waals surface area contributed by atoms with Crippen LogP contribution in [0.4, 0.5) is 0 Å². The zero-order chi connectivity index (χ0) is 25.1. The summed E-state index contributed by atoms with van der Waals surface area (Å²) in [6, 6.07) is 22.0. The van der Waals surface area contributed by atoms with E-state index in [1.165, 1.54) is 5.56 Å². The van der Waals surface area contributed by atoms with Gasteiger partial charge in [0.15, 0.2) is 0 Å². The molecule has 1 N–H and O–H groups in total. The molecule has 5 rings (SSSR count). The number of piperidine rings is 1. The number of pyridine rings is 1. The van der Waals surface area contributed by atoms with Gasteiger partial charge in [0, 0.05) is 31.6 Å². The summed E-state index contributed by atoms with van der Waals surface area (Å²) in [4.78, 5) is 31.8. The van der Waals surface area contributed by atoms with Crippen LogP contribution in [0.2, 0.25) is 0 Å². The van der Waals surface area contributed by atoms with Crippen molar-refractivity contribution in [1.29, 1.82) is 0 Å². The number of rotatable bonds is 6. The van der Waals surface area contributed by atoms with Crippen LogP contribution in [0.5, 0.6) is 0 Å². The fourth-order valence-corrected chi connectivity index (χ4v) is 5.96. The number of aryl methyl sites for hydroxylation is 1. The van der Waals surface area contributed by atoms with Crippen molar-refractivity contribution in [2.24, 2.45) is 0 Å². The molecular weight excluding hydrogens is 450 g/mol. The molecule has 6 heteroatoms. The molecule has 0 bridgehead atoms. The Kier molecular flexibility index (Phi) is 6.88. The van der Waals surface area contributed by atoms with Crippen molar-refractivity contribution < 1.29 is 14.3 Å². The van der Waals surface area contributed by atoms with Gasteiger partial charge in [0.2, 0.25) is 11.8 Å². The quantitative estimate of drug-likeness (QED) is 0.569. The van der Waals surface area contributed by atoms with E-state index >= 15 is 0 Å². The number of benzene rings is 2. The molecule has 0 saturated carbocycles. The molecule has 3 aromatic rings. The summed E-state index contributed by atoms with van der Waals surface area (Å²) >= 11 is 0. The molecule has 6 nitrogen and oxygen atoms in total. The molecule has 1 aliphatic carbocycles. The molecule has 1 aromatic heterocycles. The van der Waals surface area contributed by atoms with Gasteiger partial charge in [0.25, 0.3) is 0 Å². The van der Waals surface area contributed by atoms with E-state index < -0.39 is 0 Å². The van der Waals surface area contributed by atoms with Crippen LogP contribution in [0.25, 0.3) is 0 Å². The van der Waals surface area contributed by atoms with Gasteiger partial charge in [-0.2, -0.15) is 0 Å². The standard InChI is InChI=1S/C30H33N3O3/c1-21-8-7-9-23(18-21)19-27(35)33-16-13-30(14-17-33)26-12-4-3-11-25(26)28(32-22(2)34)29(30)36-20-24-10-5-6-15-31-24/h3-12,15,18,28-29H,13-14,16-17,19-20H2,1-2H3,(H,32,34)/t28-,29+/m1/s1. The summed E-state index contributed by atoms with van der Waals surface area (Å²) in [5.74, 6) is 0.0788. The highest BCUT2D eigenvalue weighted by Crippen LogP contribution is 2.52. The third-order valence-electron chi connectivity index (χ3n) is 7.62. The highest BCUT2D eigenvalue weighted by Gasteiger charge is 2.54. The fourth-order valence-electron chi connectivity index (χ4n) is 5.96. The molecule has 1 spiro atoms. The summed E-state index contributed by atoms with van der Waals surface area (Å²) in [7, 11) is 0. The number of nitrogens with one attached hydrogen (secondary N) is 1. The lowest BCUT2D eigenvalue weighted by molar-refractivity contribution is -0.133. The first-order valence-electron chi connectivity index (χ1n) is 12.7. The highest BCUT2D eigenvalue weighted by molar-refractivity contribution is 5.79. The van der Waals surface area contributed by atoms with Gasteiger partial charge in [0.05, 0.1) is 30.9 Å². The van der Waals surface area contributed by atoms with Crippen molar-refractivity contribution in [2.75, 3.05) is 13.1 Å². The first kappa shape index (κ1) is 24.2. The van der Waals surface area contributed by atoms with Crippen LogP contribution in [-0.2, 0) is 32.8 Å². The molecule has 2 aliphatic rings. The maximum Gasteiger partial charge on any atom is 0.226 e. The molecule has 2 heterocycles. The molecule has 2 aromatic carbocycles. The molecule has 0 radical (unpaired) electrons. The molecule has 2 amide bonds. The topological polar surface area (TPSA) is 71.5 Å². The molecule has 1 fully saturated rings. The van der Waals surface area contributed by atoms with Gasteiger partial charge in [-0.15, -0.1) is 0 Å². The Morgan fingerprint density at radius 3 is 2.56 bits per heavy atom. The number of hydrogen-bond donors (Lipinski definition) is 1. The third kappa shape index (κ3) is 4.78. The zero-order valence-corrected chi connectivity index (χ0v) is 20.9. The average Bonchev–Trinajstić information content (AvgIpc) is 3.12. The maximum atomic E-state index is 13.2. The molecule has 1 saturated heterocycles. The first-order chi connectivity index (χ1) is 17.5. The predicted molar refractivity (Wildman–Crippen MR) is 138 cm³/mol. The number of aromatic nitrogens is 1. The van der Waals surface area contributed by atoms with Gasteiger partial charge in [-0.05, 0) is 48.6 Å². The molecule has 1 aliphatic heterocycles. The van der Waals surface area contributed by atoms with Crippen molar-refractivity contribution in [3.05, 3.63) is 101 Å². The first-order valence-corrected chi connectivity index (χ1v) is 12.7. The SMILES string of the molecule is CC(=O)N[C@@H]1c2ccccc2C2(CCN(C(=O)Cc3cccc(C)c3)CC2)[C@H]1OCc1ccccn1. The van der Waals surface area contributed by atoms with E-state index in [4.69, 9.17) is 4.74 Å². The lowest BCUT2D eigenvalue weighted by atomic mass is 9.71. The van der Waals surface area contributed by atoms with Gasteiger partial charge < -0.3 is 15.0 Å². The number of likely N-dealkylation sites (tertiary alicyclic amines) is 1. The van der Waals surface area contributed by atoms with Gasteiger partial charge in [-0.3, -0.25) is 14.6 Å². The highest BCUT2D eigenvalue weighted by atomic mass is 16.5. The van der Waals surface area contributed by atoms with E-state index in [9.17, 15) is 9.59 Å². The Morgan fingerprint density at radius 2 is 1.83 bits per heavy atom. The number of carbonyl (C=O) groups is 2. The molecule has 36 heavy (non-hydrogen) atoms. The van der Waals surface area contributed by atoms with E-state index in [0.717, 1.165) is 35.2 Å². The predicted octanol–water partition coefficient (Wildman–Crippen LogP) is 4.27. The zero-order valence-electron chi connectivity index (χ0n) is 20.9. The van der Waals surface area contributed by atoms with Crippen molar-refractivity contribution >= 4 is 11.8 Å². The second-order valence-corrected chi connectivity index (χ2v) is 10.0. The lowest BCUT2D eigenvalue weighted by Gasteiger charge is -2.44. The van der Waals surface area contributed by atoms with Crippen molar-refractivity contribution in [2.45, 2.75) is 57.3 Å². The minimum atomic E-state index is -0.279. The number of carbonyl (C=O) groups excluding carboxylic acids is 2. The summed E-state index contributed by atoms with van der Waals surface area (Å²) < 4.78 is 6.60. The van der Waals surface area contributed by atoms with Crippen LogP contribution >= 0.6 is 0 Å². The van der Waals surface area contributed by atoms with E-state index in [2.05, 4.69) is 34.6 Å². The molecule has 2 atom stereocenters. The van der Waals surface area contributed by atoms with Crippen molar-refractivity contribution in [1.82, 2.24) is 15.2 Å². The number of hydrogen-bond acceptors (Lipinski definition) is 4. The monoisotopic (exact) mass is 483 g/mol. The van der Waals surface area contributed by atoms with Crippen LogP contribution < -0.4 is 5.32 Å². The van der Waals surface area contributed by atoms with Crippen molar-refractivity contribution in [3.63, 3.8) is 0 Å². The summed E-state index contributed by atoms with van der Waals surface area (Å²) in [5.41, 5.74) is 5.12. The van der Waals surface area contributed by atoms with Gasteiger partial charge in [-0.1, -0.05) is 60.2 Å². The number of fused-ring (bicyclic) bond motifs is 2. The minimum absolute atomic E-state index is 0.0796. The van der Waals surface area contributed by atoms with Crippen LogP contribution in [0.3, 0.4) is 0 Å². The van der Waals surface area contributed by atoms with Crippen LogP contribution in [0, 0.1) is 6.92 Å². The molecule has 186 valence electrons. The summed E-state index contributed by atoms with van der Waals surface area (Å²) in [5, 5.41) is 3.16. The van der Waals surface area contributed by atoms with E-state index in [0.29, 0.717) is 26.1 Å². The number of ether oxygens (including phenoxy) is 1. The smallest absolute Gasteiger partial charge is 0.226 e. The second-order valence-electron chi connectivity index (χ2n) is 10.0. The van der Waals surface area contributed by atoms with Gasteiger partial charge >= 0.3 is 0 Å². The fraction of sp³-hybridized carbons (Fsp3) is 0.367.